The third-order valence-electron chi connectivity index (χ3n) is 4.90. The van der Waals surface area contributed by atoms with Gasteiger partial charge in [-0.2, -0.15) is 0 Å². The Labute approximate surface area is 119 Å². The van der Waals surface area contributed by atoms with Crippen LogP contribution < -0.4 is 5.32 Å². The molecule has 0 radical (unpaired) electrons. The lowest BCUT2D eigenvalue weighted by molar-refractivity contribution is -0.136. The summed E-state index contributed by atoms with van der Waals surface area (Å²) < 4.78 is 13.0. The van der Waals surface area contributed by atoms with Gasteiger partial charge in [0.1, 0.15) is 5.82 Å². The van der Waals surface area contributed by atoms with Crippen LogP contribution in [0.4, 0.5) is 4.39 Å². The predicted octanol–water partition coefficient (Wildman–Crippen LogP) is 2.49. The van der Waals surface area contributed by atoms with Crippen LogP contribution in [0.15, 0.2) is 24.3 Å². The first-order valence-electron chi connectivity index (χ1n) is 7.34. The van der Waals surface area contributed by atoms with E-state index in [0.717, 1.165) is 18.4 Å². The van der Waals surface area contributed by atoms with Crippen molar-refractivity contribution in [2.24, 2.45) is 5.92 Å². The molecule has 3 nitrogen and oxygen atoms in total. The molecule has 4 unspecified atom stereocenters. The van der Waals surface area contributed by atoms with E-state index in [0.29, 0.717) is 12.1 Å². The summed E-state index contributed by atoms with van der Waals surface area (Å²) in [6, 6.07) is 7.26. The zero-order valence-corrected chi connectivity index (χ0v) is 12.0. The summed E-state index contributed by atoms with van der Waals surface area (Å²) in [7, 11) is 1.85. The molecule has 1 aromatic carbocycles. The van der Waals surface area contributed by atoms with Crippen LogP contribution >= 0.6 is 0 Å². The number of carbonyl (C=O) groups is 1. The number of nitrogens with zero attached hydrogens (tertiary/aromatic N) is 1. The van der Waals surface area contributed by atoms with E-state index in [4.69, 9.17) is 0 Å². The second-order valence-electron chi connectivity index (χ2n) is 6.07. The van der Waals surface area contributed by atoms with E-state index in [-0.39, 0.29) is 23.7 Å². The Morgan fingerprint density at radius 3 is 2.60 bits per heavy atom. The van der Waals surface area contributed by atoms with Crippen LogP contribution in [0.3, 0.4) is 0 Å². The SMILES string of the molecule is CC(c1ccc(F)cc1)N(C)C(=O)C1CC2CCC1N2. The number of hydrogen-bond donors (Lipinski definition) is 1. The molecule has 2 fully saturated rings. The lowest BCUT2D eigenvalue weighted by Crippen LogP contribution is -2.40. The molecule has 1 N–H and O–H groups in total. The summed E-state index contributed by atoms with van der Waals surface area (Å²) in [5.41, 5.74) is 0.971. The molecule has 0 aliphatic carbocycles. The number of fused-ring (bicyclic) bond motifs is 2. The number of hydrogen-bond acceptors (Lipinski definition) is 2. The fourth-order valence-electron chi connectivity index (χ4n) is 3.51. The molecule has 20 heavy (non-hydrogen) atoms. The minimum absolute atomic E-state index is 0.0257. The molecule has 0 saturated carbocycles. The Kier molecular flexibility index (Phi) is 3.50. The van der Waals surface area contributed by atoms with E-state index in [1.54, 1.807) is 17.0 Å². The maximum absolute atomic E-state index is 13.0. The summed E-state index contributed by atoms with van der Waals surface area (Å²) in [5, 5.41) is 3.50. The zero-order chi connectivity index (χ0) is 14.3. The van der Waals surface area contributed by atoms with Crippen molar-refractivity contribution in [1.82, 2.24) is 10.2 Å². The highest BCUT2D eigenvalue weighted by molar-refractivity contribution is 5.80. The van der Waals surface area contributed by atoms with Crippen LogP contribution in [0.25, 0.3) is 0 Å². The van der Waals surface area contributed by atoms with E-state index >= 15 is 0 Å². The molecule has 108 valence electrons. The van der Waals surface area contributed by atoms with Gasteiger partial charge in [0.05, 0.1) is 12.0 Å². The summed E-state index contributed by atoms with van der Waals surface area (Å²) in [4.78, 5) is 14.4. The molecule has 0 aromatic heterocycles. The fourth-order valence-corrected chi connectivity index (χ4v) is 3.51. The molecule has 1 aromatic rings. The number of nitrogens with one attached hydrogen (secondary N) is 1. The molecular formula is C16H21FN2O. The van der Waals surface area contributed by atoms with Crippen LogP contribution in [-0.4, -0.2) is 29.9 Å². The second kappa shape index (κ2) is 5.17. The first-order chi connectivity index (χ1) is 9.56. The summed E-state index contributed by atoms with van der Waals surface area (Å²) in [6.07, 6.45) is 3.27. The lowest BCUT2D eigenvalue weighted by Gasteiger charge is -2.30. The van der Waals surface area contributed by atoms with Gasteiger partial charge >= 0.3 is 0 Å². The second-order valence-corrected chi connectivity index (χ2v) is 6.07. The number of amides is 1. The Balaban J connectivity index is 1.70. The van der Waals surface area contributed by atoms with Crippen molar-refractivity contribution in [2.45, 2.75) is 44.3 Å². The van der Waals surface area contributed by atoms with Crippen molar-refractivity contribution in [3.63, 3.8) is 0 Å². The molecule has 2 saturated heterocycles. The zero-order valence-electron chi connectivity index (χ0n) is 12.0. The number of carbonyl (C=O) groups excluding carboxylic acids is 1. The molecular weight excluding hydrogens is 255 g/mol. The van der Waals surface area contributed by atoms with E-state index < -0.39 is 0 Å². The van der Waals surface area contributed by atoms with Gasteiger partial charge in [0.25, 0.3) is 0 Å². The van der Waals surface area contributed by atoms with Crippen molar-refractivity contribution < 1.29 is 9.18 Å². The fraction of sp³-hybridized carbons (Fsp3) is 0.562. The van der Waals surface area contributed by atoms with Crippen molar-refractivity contribution in [3.05, 3.63) is 35.6 Å². The highest BCUT2D eigenvalue weighted by atomic mass is 19.1. The standard InChI is InChI=1S/C16H21FN2O/c1-10(11-3-5-12(17)6-4-11)19(2)16(20)14-9-13-7-8-15(14)18-13/h3-6,10,13-15,18H,7-9H2,1-2H3. The Hall–Kier alpha value is -1.42. The van der Waals surface area contributed by atoms with Gasteiger partial charge in [-0.3, -0.25) is 4.79 Å². The summed E-state index contributed by atoms with van der Waals surface area (Å²) in [6.45, 7) is 1.99. The van der Waals surface area contributed by atoms with Gasteiger partial charge in [-0.25, -0.2) is 4.39 Å². The van der Waals surface area contributed by atoms with Crippen LogP contribution in [0, 0.1) is 11.7 Å². The molecule has 2 aliphatic rings. The van der Waals surface area contributed by atoms with E-state index in [9.17, 15) is 9.18 Å². The predicted molar refractivity (Wildman–Crippen MR) is 75.6 cm³/mol. The maximum atomic E-state index is 13.0. The molecule has 2 heterocycles. The first-order valence-corrected chi connectivity index (χ1v) is 7.34. The lowest BCUT2D eigenvalue weighted by atomic mass is 9.87. The molecule has 4 atom stereocenters. The summed E-state index contributed by atoms with van der Waals surface area (Å²) >= 11 is 0. The van der Waals surface area contributed by atoms with Crippen LogP contribution in [0.2, 0.25) is 0 Å². The molecule has 1 amide bonds. The third-order valence-corrected chi connectivity index (χ3v) is 4.90. The minimum atomic E-state index is -0.243. The normalized spacial score (nSPS) is 29.4. The van der Waals surface area contributed by atoms with Gasteiger partial charge < -0.3 is 10.2 Å². The van der Waals surface area contributed by atoms with Gasteiger partial charge in [0.2, 0.25) is 5.91 Å². The number of benzene rings is 1. The van der Waals surface area contributed by atoms with Gasteiger partial charge in [-0.05, 0) is 43.9 Å². The van der Waals surface area contributed by atoms with Gasteiger partial charge in [0.15, 0.2) is 0 Å². The van der Waals surface area contributed by atoms with Crippen LogP contribution in [0.1, 0.15) is 37.8 Å². The third kappa shape index (κ3) is 2.33. The Bertz CT molecular complexity index is 502. The average molecular weight is 276 g/mol. The van der Waals surface area contributed by atoms with Crippen molar-refractivity contribution in [2.75, 3.05) is 7.05 Å². The van der Waals surface area contributed by atoms with E-state index in [1.165, 1.54) is 18.6 Å². The molecule has 2 aliphatic heterocycles. The minimum Gasteiger partial charge on any atom is -0.339 e. The molecule has 0 spiro atoms. The van der Waals surface area contributed by atoms with Gasteiger partial charge in [0, 0.05) is 19.1 Å². The number of halogens is 1. The molecule has 3 rings (SSSR count). The molecule has 4 heteroatoms. The smallest absolute Gasteiger partial charge is 0.227 e. The molecule has 2 bridgehead atoms. The number of rotatable bonds is 3. The quantitative estimate of drug-likeness (QED) is 0.920. The largest absolute Gasteiger partial charge is 0.339 e. The monoisotopic (exact) mass is 276 g/mol. The maximum Gasteiger partial charge on any atom is 0.227 e. The van der Waals surface area contributed by atoms with Crippen molar-refractivity contribution >= 4 is 5.91 Å². The van der Waals surface area contributed by atoms with E-state index in [1.807, 2.05) is 14.0 Å². The average Bonchev–Trinajstić information content (AvgIpc) is 3.08. The van der Waals surface area contributed by atoms with Crippen LogP contribution in [0.5, 0.6) is 0 Å². The first kappa shape index (κ1) is 13.6. The van der Waals surface area contributed by atoms with Gasteiger partial charge in [-0.1, -0.05) is 12.1 Å². The van der Waals surface area contributed by atoms with Gasteiger partial charge in [-0.15, -0.1) is 0 Å². The summed E-state index contributed by atoms with van der Waals surface area (Å²) in [5.74, 6) is 0.0791. The topological polar surface area (TPSA) is 32.3 Å². The Morgan fingerprint density at radius 2 is 2.05 bits per heavy atom. The Morgan fingerprint density at radius 1 is 1.35 bits per heavy atom. The van der Waals surface area contributed by atoms with Crippen molar-refractivity contribution in [1.29, 1.82) is 0 Å². The van der Waals surface area contributed by atoms with Crippen molar-refractivity contribution in [3.8, 4) is 0 Å². The highest BCUT2D eigenvalue weighted by Crippen LogP contribution is 2.35. The highest BCUT2D eigenvalue weighted by Gasteiger charge is 2.44. The van der Waals surface area contributed by atoms with E-state index in [2.05, 4.69) is 5.32 Å². The van der Waals surface area contributed by atoms with Crippen LogP contribution in [-0.2, 0) is 4.79 Å².